The van der Waals surface area contributed by atoms with Crippen molar-refractivity contribution < 1.29 is 9.90 Å². The number of carbonyl (C=O) groups is 1. The van der Waals surface area contributed by atoms with Crippen LogP contribution < -0.4 is 5.32 Å². The zero-order chi connectivity index (χ0) is 10.6. The zero-order valence-corrected chi connectivity index (χ0v) is 9.69. The van der Waals surface area contributed by atoms with Gasteiger partial charge in [0, 0.05) is 18.3 Å². The van der Waals surface area contributed by atoms with Gasteiger partial charge in [-0.2, -0.15) is 11.8 Å². The van der Waals surface area contributed by atoms with Crippen molar-refractivity contribution in [3.63, 3.8) is 0 Å². The Labute approximate surface area is 89.6 Å². The van der Waals surface area contributed by atoms with Crippen molar-refractivity contribution in [2.75, 3.05) is 18.1 Å². The lowest BCUT2D eigenvalue weighted by Gasteiger charge is -2.38. The Morgan fingerprint density at radius 1 is 1.64 bits per heavy atom. The zero-order valence-electron chi connectivity index (χ0n) is 8.88. The van der Waals surface area contributed by atoms with Gasteiger partial charge in [-0.05, 0) is 17.6 Å². The lowest BCUT2D eigenvalue weighted by atomic mass is 9.82. The summed E-state index contributed by atoms with van der Waals surface area (Å²) in [6.45, 7) is 5.10. The van der Waals surface area contributed by atoms with Gasteiger partial charge in [-0.3, -0.25) is 4.79 Å². The van der Waals surface area contributed by atoms with Crippen LogP contribution in [0, 0.1) is 5.41 Å². The molecule has 0 saturated carbocycles. The van der Waals surface area contributed by atoms with Crippen LogP contribution in [0.1, 0.15) is 26.7 Å². The molecule has 14 heavy (non-hydrogen) atoms. The van der Waals surface area contributed by atoms with Crippen molar-refractivity contribution in [3.8, 4) is 0 Å². The topological polar surface area (TPSA) is 49.3 Å². The predicted molar refractivity (Wildman–Crippen MR) is 59.8 cm³/mol. The summed E-state index contributed by atoms with van der Waals surface area (Å²) < 4.78 is 0. The van der Waals surface area contributed by atoms with Crippen LogP contribution in [0.5, 0.6) is 0 Å². The van der Waals surface area contributed by atoms with E-state index in [1.54, 1.807) is 0 Å². The van der Waals surface area contributed by atoms with E-state index in [2.05, 4.69) is 19.2 Å². The first-order valence-electron chi connectivity index (χ1n) is 5.05. The third-order valence-corrected chi connectivity index (χ3v) is 3.91. The van der Waals surface area contributed by atoms with Crippen LogP contribution in [0.3, 0.4) is 0 Å². The van der Waals surface area contributed by atoms with Crippen molar-refractivity contribution in [2.24, 2.45) is 5.41 Å². The summed E-state index contributed by atoms with van der Waals surface area (Å²) in [5.74, 6) is 1.61. The predicted octanol–water partition coefficient (Wildman–Crippen LogP) is 1.58. The molecule has 0 radical (unpaired) electrons. The molecule has 1 aliphatic heterocycles. The molecule has 1 aliphatic rings. The van der Waals surface area contributed by atoms with Gasteiger partial charge >= 0.3 is 5.97 Å². The lowest BCUT2D eigenvalue weighted by molar-refractivity contribution is -0.136. The first-order valence-corrected chi connectivity index (χ1v) is 6.21. The number of carboxylic acids is 1. The lowest BCUT2D eigenvalue weighted by Crippen LogP contribution is -2.47. The van der Waals surface area contributed by atoms with Crippen molar-refractivity contribution in [3.05, 3.63) is 0 Å². The van der Waals surface area contributed by atoms with E-state index < -0.39 is 5.97 Å². The van der Waals surface area contributed by atoms with E-state index in [9.17, 15) is 4.79 Å². The maximum absolute atomic E-state index is 10.4. The summed E-state index contributed by atoms with van der Waals surface area (Å²) in [7, 11) is 0. The van der Waals surface area contributed by atoms with E-state index in [0.717, 1.165) is 5.75 Å². The van der Waals surface area contributed by atoms with E-state index in [1.807, 2.05) is 11.8 Å². The van der Waals surface area contributed by atoms with Gasteiger partial charge in [0.05, 0.1) is 6.42 Å². The molecule has 2 N–H and O–H groups in total. The Kier molecular flexibility index (Phi) is 4.26. The van der Waals surface area contributed by atoms with Crippen LogP contribution in [-0.2, 0) is 4.79 Å². The molecule has 0 aromatic heterocycles. The maximum Gasteiger partial charge on any atom is 0.304 e. The van der Waals surface area contributed by atoms with Crippen molar-refractivity contribution in [1.29, 1.82) is 0 Å². The van der Waals surface area contributed by atoms with Crippen LogP contribution in [-0.4, -0.2) is 35.2 Å². The third kappa shape index (κ3) is 3.50. The van der Waals surface area contributed by atoms with Gasteiger partial charge in [0.1, 0.15) is 0 Å². The second-order valence-electron chi connectivity index (χ2n) is 4.46. The molecule has 3 nitrogen and oxygen atoms in total. The van der Waals surface area contributed by atoms with Crippen molar-refractivity contribution in [1.82, 2.24) is 5.32 Å². The fraction of sp³-hybridized carbons (Fsp3) is 0.900. The highest BCUT2D eigenvalue weighted by atomic mass is 32.2. The molecule has 0 aliphatic carbocycles. The van der Waals surface area contributed by atoms with Crippen LogP contribution in [0.15, 0.2) is 0 Å². The smallest absolute Gasteiger partial charge is 0.304 e. The average molecular weight is 217 g/mol. The van der Waals surface area contributed by atoms with E-state index >= 15 is 0 Å². The molecule has 0 aromatic carbocycles. The molecule has 1 heterocycles. The standard InChI is InChI=1S/C10H19NO2S/c1-10(2)4-6-14-7-8(10)11-5-3-9(12)13/h8,11H,3-7H2,1-2H3,(H,12,13). The number of hydrogen-bond acceptors (Lipinski definition) is 3. The Morgan fingerprint density at radius 3 is 2.93 bits per heavy atom. The molecule has 0 amide bonds. The molecule has 0 aromatic rings. The highest BCUT2D eigenvalue weighted by molar-refractivity contribution is 7.99. The van der Waals surface area contributed by atoms with Gasteiger partial charge in [-0.15, -0.1) is 0 Å². The molecule has 0 spiro atoms. The number of thioether (sulfide) groups is 1. The van der Waals surface area contributed by atoms with E-state index in [0.29, 0.717) is 18.0 Å². The third-order valence-electron chi connectivity index (χ3n) is 2.85. The van der Waals surface area contributed by atoms with Gasteiger partial charge in [0.25, 0.3) is 0 Å². The summed E-state index contributed by atoms with van der Waals surface area (Å²) in [6.07, 6.45) is 1.43. The molecular weight excluding hydrogens is 198 g/mol. The average Bonchev–Trinajstić information content (AvgIpc) is 2.07. The fourth-order valence-corrected chi connectivity index (χ4v) is 3.27. The molecule has 0 bridgehead atoms. The molecule has 1 rings (SSSR count). The maximum atomic E-state index is 10.4. The summed E-state index contributed by atoms with van der Waals surface area (Å²) in [6, 6.07) is 0.459. The number of nitrogens with one attached hydrogen (secondary N) is 1. The molecule has 82 valence electrons. The normalized spacial score (nSPS) is 26.0. The molecule has 4 heteroatoms. The second-order valence-corrected chi connectivity index (χ2v) is 5.61. The van der Waals surface area contributed by atoms with Gasteiger partial charge in [-0.25, -0.2) is 0 Å². The largest absolute Gasteiger partial charge is 0.481 e. The summed E-state index contributed by atoms with van der Waals surface area (Å²) in [4.78, 5) is 10.4. The Bertz CT molecular complexity index is 206. The molecule has 1 fully saturated rings. The van der Waals surface area contributed by atoms with E-state index in [1.165, 1.54) is 12.2 Å². The Morgan fingerprint density at radius 2 is 2.36 bits per heavy atom. The molecule has 1 unspecified atom stereocenters. The first kappa shape index (κ1) is 11.9. The minimum atomic E-state index is -0.723. The molecular formula is C10H19NO2S. The van der Waals surface area contributed by atoms with Gasteiger partial charge < -0.3 is 10.4 Å². The van der Waals surface area contributed by atoms with Gasteiger partial charge in [-0.1, -0.05) is 13.8 Å². The monoisotopic (exact) mass is 217 g/mol. The van der Waals surface area contributed by atoms with E-state index in [-0.39, 0.29) is 6.42 Å². The first-order chi connectivity index (χ1) is 6.52. The number of hydrogen-bond donors (Lipinski definition) is 2. The van der Waals surface area contributed by atoms with Crippen molar-refractivity contribution in [2.45, 2.75) is 32.7 Å². The number of aliphatic carboxylic acids is 1. The number of carboxylic acid groups (broad SMARTS) is 1. The van der Waals surface area contributed by atoms with E-state index in [4.69, 9.17) is 5.11 Å². The SMILES string of the molecule is CC1(C)CCSCC1NCCC(=O)O. The van der Waals surface area contributed by atoms with Crippen LogP contribution in [0.25, 0.3) is 0 Å². The minimum Gasteiger partial charge on any atom is -0.481 e. The van der Waals surface area contributed by atoms with Crippen LogP contribution >= 0.6 is 11.8 Å². The Hall–Kier alpha value is -0.220. The minimum absolute atomic E-state index is 0.219. The highest BCUT2D eigenvalue weighted by Crippen LogP contribution is 2.33. The van der Waals surface area contributed by atoms with Crippen LogP contribution in [0.2, 0.25) is 0 Å². The summed E-state index contributed by atoms with van der Waals surface area (Å²) in [5.41, 5.74) is 0.309. The van der Waals surface area contributed by atoms with Crippen molar-refractivity contribution >= 4 is 17.7 Å². The molecule has 1 saturated heterocycles. The summed E-state index contributed by atoms with van der Waals surface area (Å²) >= 11 is 1.95. The number of rotatable bonds is 4. The van der Waals surface area contributed by atoms with Gasteiger partial charge in [0.2, 0.25) is 0 Å². The quantitative estimate of drug-likeness (QED) is 0.750. The fourth-order valence-electron chi connectivity index (χ4n) is 1.62. The Balaban J connectivity index is 2.31. The second kappa shape index (κ2) is 5.03. The van der Waals surface area contributed by atoms with Crippen LogP contribution in [0.4, 0.5) is 0 Å². The highest BCUT2D eigenvalue weighted by Gasteiger charge is 2.31. The molecule has 1 atom stereocenters. The van der Waals surface area contributed by atoms with Gasteiger partial charge in [0.15, 0.2) is 0 Å². The summed E-state index contributed by atoms with van der Waals surface area (Å²) in [5, 5.41) is 11.9.